The zero-order valence-electron chi connectivity index (χ0n) is 7.43. The summed E-state index contributed by atoms with van der Waals surface area (Å²) in [4.78, 5) is 14.7. The fourth-order valence-electron chi connectivity index (χ4n) is 0.733. The number of carbonyl (C=O) groups excluding carboxylic acids is 1. The third-order valence-electron chi connectivity index (χ3n) is 1.32. The molecule has 0 bridgehead atoms. The van der Waals surface area contributed by atoms with Crippen molar-refractivity contribution in [1.29, 1.82) is 0 Å². The van der Waals surface area contributed by atoms with Crippen LogP contribution in [-0.4, -0.2) is 28.6 Å². The Morgan fingerprint density at radius 3 is 3.14 bits per heavy atom. The van der Waals surface area contributed by atoms with Gasteiger partial charge in [0.05, 0.1) is 6.61 Å². The van der Waals surface area contributed by atoms with Crippen LogP contribution in [0.2, 0.25) is 0 Å². The van der Waals surface area contributed by atoms with Crippen LogP contribution in [0.25, 0.3) is 0 Å². The normalized spacial score (nSPS) is 11.4. The molecule has 0 radical (unpaired) electrons. The van der Waals surface area contributed by atoms with Crippen molar-refractivity contribution in [3.8, 4) is 0 Å². The van der Waals surface area contributed by atoms with Crippen LogP contribution in [-0.2, 0) is 4.74 Å². The molecule has 1 aromatic heterocycles. The van der Waals surface area contributed by atoms with Crippen LogP contribution in [0.4, 0.5) is 0 Å². The molecule has 0 fully saturated rings. The quantitative estimate of drug-likeness (QED) is 0.232. The van der Waals surface area contributed by atoms with Gasteiger partial charge in [0, 0.05) is 0 Å². The third kappa shape index (κ3) is 2.00. The highest BCUT2D eigenvalue weighted by atomic mass is 16.5. The highest BCUT2D eigenvalue weighted by Gasteiger charge is 2.15. The molecule has 1 heterocycles. The molecule has 0 spiro atoms. The van der Waals surface area contributed by atoms with Crippen molar-refractivity contribution in [3.05, 3.63) is 17.8 Å². The molecule has 0 aliphatic carbocycles. The summed E-state index contributed by atoms with van der Waals surface area (Å²) in [6.07, 6.45) is 1.07. The van der Waals surface area contributed by atoms with Gasteiger partial charge in [-0.2, -0.15) is 4.98 Å². The summed E-state index contributed by atoms with van der Waals surface area (Å²) >= 11 is 0. The Morgan fingerprint density at radius 2 is 2.57 bits per heavy atom. The Bertz CT molecular complexity index is 358. The van der Waals surface area contributed by atoms with E-state index in [-0.39, 0.29) is 24.0 Å². The van der Waals surface area contributed by atoms with Crippen molar-refractivity contribution in [2.75, 3.05) is 6.61 Å². The zero-order valence-corrected chi connectivity index (χ0v) is 7.43. The van der Waals surface area contributed by atoms with E-state index in [0.717, 1.165) is 6.26 Å². The largest absolute Gasteiger partial charge is 0.461 e. The monoisotopic (exact) mass is 199 g/mol. The molecule has 7 heteroatoms. The van der Waals surface area contributed by atoms with Crippen molar-refractivity contribution in [2.45, 2.75) is 6.92 Å². The second kappa shape index (κ2) is 4.26. The molecule has 0 aliphatic heterocycles. The van der Waals surface area contributed by atoms with Gasteiger partial charge in [-0.15, -0.1) is 0 Å². The number of esters is 1. The summed E-state index contributed by atoms with van der Waals surface area (Å²) in [6.45, 7) is 1.91. The summed E-state index contributed by atoms with van der Waals surface area (Å²) in [5.41, 5.74) is 5.15. The zero-order chi connectivity index (χ0) is 10.6. The second-order valence-electron chi connectivity index (χ2n) is 2.24. The van der Waals surface area contributed by atoms with Gasteiger partial charge in [-0.05, 0) is 6.92 Å². The van der Waals surface area contributed by atoms with E-state index < -0.39 is 5.97 Å². The first-order chi connectivity index (χ1) is 6.69. The lowest BCUT2D eigenvalue weighted by atomic mass is 10.5. The maximum absolute atomic E-state index is 11.1. The highest BCUT2D eigenvalue weighted by Crippen LogP contribution is 2.03. The third-order valence-corrected chi connectivity index (χ3v) is 1.32. The van der Waals surface area contributed by atoms with Crippen molar-refractivity contribution >= 4 is 11.8 Å². The minimum absolute atomic E-state index is 0.0200. The van der Waals surface area contributed by atoms with Gasteiger partial charge in [0.1, 0.15) is 6.26 Å². The maximum Gasteiger partial charge on any atom is 0.360 e. The van der Waals surface area contributed by atoms with E-state index in [1.165, 1.54) is 0 Å². The molecule has 0 amide bonds. The summed E-state index contributed by atoms with van der Waals surface area (Å²) in [5, 5.41) is 10.9. The van der Waals surface area contributed by atoms with Gasteiger partial charge in [0.2, 0.25) is 5.84 Å². The number of rotatable bonds is 3. The molecule has 0 saturated heterocycles. The number of oxazole rings is 1. The second-order valence-corrected chi connectivity index (χ2v) is 2.24. The van der Waals surface area contributed by atoms with E-state index in [0.29, 0.717) is 0 Å². The van der Waals surface area contributed by atoms with Crippen LogP contribution in [0, 0.1) is 0 Å². The van der Waals surface area contributed by atoms with E-state index in [1.807, 2.05) is 0 Å². The lowest BCUT2D eigenvalue weighted by molar-refractivity contribution is 0.0519. The number of amidine groups is 1. The van der Waals surface area contributed by atoms with Crippen molar-refractivity contribution in [2.24, 2.45) is 10.9 Å². The number of hydrogen-bond donors (Lipinski definition) is 2. The van der Waals surface area contributed by atoms with Gasteiger partial charge in [0.25, 0.3) is 5.89 Å². The number of aromatic nitrogens is 1. The van der Waals surface area contributed by atoms with Gasteiger partial charge < -0.3 is 20.1 Å². The van der Waals surface area contributed by atoms with E-state index in [9.17, 15) is 4.79 Å². The predicted octanol–water partition coefficient (Wildman–Crippen LogP) is -0.0542. The fourth-order valence-corrected chi connectivity index (χ4v) is 0.733. The molecule has 0 saturated carbocycles. The van der Waals surface area contributed by atoms with Gasteiger partial charge in [-0.1, -0.05) is 5.16 Å². The van der Waals surface area contributed by atoms with Crippen molar-refractivity contribution in [3.63, 3.8) is 0 Å². The fraction of sp³-hybridized carbons (Fsp3) is 0.286. The Kier molecular flexibility index (Phi) is 3.05. The van der Waals surface area contributed by atoms with E-state index in [1.54, 1.807) is 6.92 Å². The Morgan fingerprint density at radius 1 is 1.86 bits per heavy atom. The van der Waals surface area contributed by atoms with Crippen LogP contribution in [0.15, 0.2) is 15.8 Å². The Hall–Kier alpha value is -2.05. The number of ether oxygens (including phenoxy) is 1. The number of hydrogen-bond acceptors (Lipinski definition) is 6. The van der Waals surface area contributed by atoms with E-state index in [2.05, 4.69) is 14.9 Å². The first kappa shape index (κ1) is 10.0. The average molecular weight is 199 g/mol. The smallest absolute Gasteiger partial charge is 0.360 e. The number of carbonyl (C=O) groups is 1. The van der Waals surface area contributed by atoms with Crippen LogP contribution in [0.1, 0.15) is 23.3 Å². The van der Waals surface area contributed by atoms with Gasteiger partial charge in [0.15, 0.2) is 5.69 Å². The molecular weight excluding hydrogens is 190 g/mol. The molecule has 14 heavy (non-hydrogen) atoms. The Labute approximate surface area is 79.2 Å². The predicted molar refractivity (Wildman–Crippen MR) is 45.0 cm³/mol. The minimum Gasteiger partial charge on any atom is -0.461 e. The maximum atomic E-state index is 11.1. The first-order valence-corrected chi connectivity index (χ1v) is 3.79. The highest BCUT2D eigenvalue weighted by molar-refractivity contribution is 5.94. The van der Waals surface area contributed by atoms with Gasteiger partial charge >= 0.3 is 5.97 Å². The first-order valence-electron chi connectivity index (χ1n) is 3.79. The molecular formula is C7H9N3O4. The average Bonchev–Trinajstić information content (AvgIpc) is 2.66. The summed E-state index contributed by atoms with van der Waals surface area (Å²) < 4.78 is 9.41. The molecule has 76 valence electrons. The van der Waals surface area contributed by atoms with Crippen molar-refractivity contribution in [1.82, 2.24) is 4.98 Å². The van der Waals surface area contributed by atoms with E-state index in [4.69, 9.17) is 15.4 Å². The molecule has 1 aromatic rings. The van der Waals surface area contributed by atoms with Crippen LogP contribution < -0.4 is 5.73 Å². The number of nitrogens with two attached hydrogens (primary N) is 1. The molecule has 7 nitrogen and oxygen atoms in total. The summed E-state index contributed by atoms with van der Waals surface area (Å²) in [5.74, 6) is -1.05. The summed E-state index contributed by atoms with van der Waals surface area (Å²) in [7, 11) is 0. The van der Waals surface area contributed by atoms with Crippen LogP contribution >= 0.6 is 0 Å². The molecule has 0 atom stereocenters. The molecule has 0 unspecified atom stereocenters. The topological polar surface area (TPSA) is 111 Å². The number of nitrogens with zero attached hydrogens (tertiary/aromatic N) is 2. The minimum atomic E-state index is -0.617. The number of oxime groups is 1. The molecule has 0 aromatic carbocycles. The lowest BCUT2D eigenvalue weighted by Crippen LogP contribution is -2.14. The standard InChI is InChI=1S/C7H9N3O4/c1-2-13-7(11)4-3-14-6(9-4)5(8)10-12/h3,12H,2H2,1H3,(H2,8,10). The van der Waals surface area contributed by atoms with Crippen LogP contribution in [0.5, 0.6) is 0 Å². The van der Waals surface area contributed by atoms with Gasteiger partial charge in [-0.3, -0.25) is 0 Å². The van der Waals surface area contributed by atoms with E-state index >= 15 is 0 Å². The lowest BCUT2D eigenvalue weighted by Gasteiger charge is -1.94. The Balaban J connectivity index is 2.83. The van der Waals surface area contributed by atoms with Crippen molar-refractivity contribution < 1.29 is 19.2 Å². The molecule has 0 aliphatic rings. The van der Waals surface area contributed by atoms with Crippen LogP contribution in [0.3, 0.4) is 0 Å². The van der Waals surface area contributed by atoms with Gasteiger partial charge in [-0.25, -0.2) is 4.79 Å². The SMILES string of the molecule is CCOC(=O)c1coc(C(N)=NO)n1. The summed E-state index contributed by atoms with van der Waals surface area (Å²) in [6, 6.07) is 0. The molecule has 3 N–H and O–H groups in total. The molecule has 1 rings (SSSR count).